The predicted molar refractivity (Wildman–Crippen MR) is 118 cm³/mol. The summed E-state index contributed by atoms with van der Waals surface area (Å²) in [5.74, 6) is -1.63. The number of amides is 3. The molecule has 0 spiro atoms. The highest BCUT2D eigenvalue weighted by molar-refractivity contribution is 6.05. The normalized spacial score (nSPS) is 13.2. The number of anilines is 4. The molecule has 7 nitrogen and oxygen atoms in total. The van der Waals surface area contributed by atoms with Crippen LogP contribution in [0, 0.1) is 5.82 Å². The van der Waals surface area contributed by atoms with E-state index in [0.717, 1.165) is 23.4 Å². The number of nitrogens with zero attached hydrogens (tertiary/aromatic N) is 2. The van der Waals surface area contributed by atoms with Gasteiger partial charge >= 0.3 is 12.2 Å². The SMILES string of the molecule is CCN1Cc2c(Nc3ccc(NC(=O)c4ccc(F)cc4C(F)(F)F)cc3)ccnc2NC1=O. The summed E-state index contributed by atoms with van der Waals surface area (Å²) < 4.78 is 52.9. The second kappa shape index (κ2) is 9.00. The summed E-state index contributed by atoms with van der Waals surface area (Å²) in [5, 5.41) is 8.35. The molecule has 1 aliphatic heterocycles. The Morgan fingerprint density at radius 1 is 1.12 bits per heavy atom. The van der Waals surface area contributed by atoms with Crippen molar-refractivity contribution in [3.05, 3.63) is 77.2 Å². The molecule has 2 heterocycles. The summed E-state index contributed by atoms with van der Waals surface area (Å²) in [6, 6.07) is 9.73. The van der Waals surface area contributed by atoms with E-state index < -0.39 is 29.0 Å². The molecular formula is C23H19F4N5O2. The molecule has 3 N–H and O–H groups in total. The average molecular weight is 473 g/mol. The molecule has 0 saturated carbocycles. The molecule has 34 heavy (non-hydrogen) atoms. The van der Waals surface area contributed by atoms with E-state index in [-0.39, 0.29) is 11.7 Å². The van der Waals surface area contributed by atoms with Crippen molar-refractivity contribution in [3.63, 3.8) is 0 Å². The van der Waals surface area contributed by atoms with Crippen LogP contribution in [0.1, 0.15) is 28.4 Å². The summed E-state index contributed by atoms with van der Waals surface area (Å²) in [6.45, 7) is 2.77. The molecule has 0 atom stereocenters. The average Bonchev–Trinajstić information content (AvgIpc) is 2.79. The van der Waals surface area contributed by atoms with Gasteiger partial charge in [0.05, 0.1) is 17.7 Å². The van der Waals surface area contributed by atoms with Crippen molar-refractivity contribution in [1.82, 2.24) is 9.88 Å². The predicted octanol–water partition coefficient (Wildman–Crippen LogP) is 5.60. The van der Waals surface area contributed by atoms with Crippen LogP contribution >= 0.6 is 0 Å². The van der Waals surface area contributed by atoms with Crippen molar-refractivity contribution >= 4 is 34.8 Å². The number of hydrogen-bond donors (Lipinski definition) is 3. The minimum Gasteiger partial charge on any atom is -0.355 e. The van der Waals surface area contributed by atoms with Crippen LogP contribution in [0.4, 0.5) is 45.2 Å². The lowest BCUT2D eigenvalue weighted by molar-refractivity contribution is -0.138. The molecular weight excluding hydrogens is 454 g/mol. The third-order valence-electron chi connectivity index (χ3n) is 5.25. The van der Waals surface area contributed by atoms with E-state index in [4.69, 9.17) is 0 Å². The lowest BCUT2D eigenvalue weighted by atomic mass is 10.1. The van der Waals surface area contributed by atoms with Crippen LogP contribution in [0.3, 0.4) is 0 Å². The largest absolute Gasteiger partial charge is 0.417 e. The Bertz CT molecular complexity index is 1250. The zero-order valence-electron chi connectivity index (χ0n) is 17.8. The van der Waals surface area contributed by atoms with E-state index in [9.17, 15) is 27.2 Å². The number of urea groups is 1. The first-order valence-corrected chi connectivity index (χ1v) is 10.2. The summed E-state index contributed by atoms with van der Waals surface area (Å²) in [5.41, 5.74) is 0.401. The zero-order valence-corrected chi connectivity index (χ0v) is 17.8. The summed E-state index contributed by atoms with van der Waals surface area (Å²) in [7, 11) is 0. The van der Waals surface area contributed by atoms with Gasteiger partial charge in [0, 0.05) is 35.4 Å². The molecule has 2 aromatic carbocycles. The Labute approximate surface area is 191 Å². The molecule has 3 aromatic rings. The van der Waals surface area contributed by atoms with Crippen molar-refractivity contribution in [1.29, 1.82) is 0 Å². The van der Waals surface area contributed by atoms with Gasteiger partial charge in [0.1, 0.15) is 11.6 Å². The van der Waals surface area contributed by atoms with Crippen molar-refractivity contribution in [2.45, 2.75) is 19.6 Å². The number of nitrogens with one attached hydrogen (secondary N) is 3. The van der Waals surface area contributed by atoms with Gasteiger partial charge in [0.25, 0.3) is 5.91 Å². The number of carbonyl (C=O) groups is 2. The summed E-state index contributed by atoms with van der Waals surface area (Å²) in [4.78, 5) is 30.3. The van der Waals surface area contributed by atoms with Gasteiger partial charge in [0.15, 0.2) is 0 Å². The van der Waals surface area contributed by atoms with Gasteiger partial charge in [0.2, 0.25) is 0 Å². The molecule has 0 aliphatic carbocycles. The molecule has 11 heteroatoms. The second-order valence-corrected chi connectivity index (χ2v) is 7.47. The van der Waals surface area contributed by atoms with Crippen molar-refractivity contribution in [2.75, 3.05) is 22.5 Å². The van der Waals surface area contributed by atoms with Crippen molar-refractivity contribution < 1.29 is 27.2 Å². The fourth-order valence-corrected chi connectivity index (χ4v) is 3.52. The van der Waals surface area contributed by atoms with Gasteiger partial charge in [-0.3, -0.25) is 10.1 Å². The maximum Gasteiger partial charge on any atom is 0.417 e. The van der Waals surface area contributed by atoms with E-state index in [1.54, 1.807) is 29.3 Å². The second-order valence-electron chi connectivity index (χ2n) is 7.47. The highest BCUT2D eigenvalue weighted by atomic mass is 19.4. The highest BCUT2D eigenvalue weighted by Gasteiger charge is 2.35. The number of halogens is 4. The molecule has 0 radical (unpaired) electrons. The van der Waals surface area contributed by atoms with Crippen molar-refractivity contribution in [2.24, 2.45) is 0 Å². The zero-order chi connectivity index (χ0) is 24.5. The lowest BCUT2D eigenvalue weighted by Crippen LogP contribution is -2.39. The van der Waals surface area contributed by atoms with E-state index in [1.165, 1.54) is 12.1 Å². The number of pyridine rings is 1. The smallest absolute Gasteiger partial charge is 0.355 e. The Kier molecular flexibility index (Phi) is 6.10. The molecule has 0 fully saturated rings. The number of carbonyl (C=O) groups excluding carboxylic acids is 2. The topological polar surface area (TPSA) is 86.4 Å². The van der Waals surface area contributed by atoms with E-state index in [2.05, 4.69) is 20.9 Å². The van der Waals surface area contributed by atoms with E-state index in [0.29, 0.717) is 30.7 Å². The Morgan fingerprint density at radius 2 is 1.82 bits per heavy atom. The summed E-state index contributed by atoms with van der Waals surface area (Å²) >= 11 is 0. The number of alkyl halides is 3. The number of aromatic nitrogens is 1. The van der Waals surface area contributed by atoms with Gasteiger partial charge in [-0.2, -0.15) is 13.2 Å². The van der Waals surface area contributed by atoms with Gasteiger partial charge in [-0.25, -0.2) is 14.2 Å². The molecule has 0 bridgehead atoms. The molecule has 3 amide bonds. The minimum absolute atomic E-state index is 0.227. The number of rotatable bonds is 5. The number of benzene rings is 2. The van der Waals surface area contributed by atoms with Crippen LogP contribution in [-0.2, 0) is 12.7 Å². The summed E-state index contributed by atoms with van der Waals surface area (Å²) in [6.07, 6.45) is -3.32. The van der Waals surface area contributed by atoms with Crippen LogP contribution in [0.5, 0.6) is 0 Å². The number of fused-ring (bicyclic) bond motifs is 1. The molecule has 0 unspecified atom stereocenters. The molecule has 1 aliphatic rings. The molecule has 0 saturated heterocycles. The fraction of sp³-hybridized carbons (Fsp3) is 0.174. The van der Waals surface area contributed by atoms with Crippen LogP contribution in [0.2, 0.25) is 0 Å². The minimum atomic E-state index is -4.88. The van der Waals surface area contributed by atoms with Gasteiger partial charge in [-0.15, -0.1) is 0 Å². The van der Waals surface area contributed by atoms with Gasteiger partial charge < -0.3 is 15.5 Å². The third-order valence-corrected chi connectivity index (χ3v) is 5.25. The van der Waals surface area contributed by atoms with Crippen LogP contribution in [0.25, 0.3) is 0 Å². The maximum atomic E-state index is 13.3. The van der Waals surface area contributed by atoms with Gasteiger partial charge in [-0.05, 0) is 55.5 Å². The Morgan fingerprint density at radius 3 is 2.50 bits per heavy atom. The van der Waals surface area contributed by atoms with E-state index >= 15 is 0 Å². The molecule has 4 rings (SSSR count). The maximum absolute atomic E-state index is 13.3. The van der Waals surface area contributed by atoms with E-state index in [1.807, 2.05) is 6.92 Å². The number of hydrogen-bond acceptors (Lipinski definition) is 4. The molecule has 1 aromatic heterocycles. The quantitative estimate of drug-likeness (QED) is 0.421. The van der Waals surface area contributed by atoms with Gasteiger partial charge in [-0.1, -0.05) is 0 Å². The lowest BCUT2D eigenvalue weighted by Gasteiger charge is -2.29. The first-order valence-electron chi connectivity index (χ1n) is 10.2. The Balaban J connectivity index is 1.50. The monoisotopic (exact) mass is 473 g/mol. The fourth-order valence-electron chi connectivity index (χ4n) is 3.52. The first kappa shape index (κ1) is 23.0. The Hall–Kier alpha value is -4.15. The van der Waals surface area contributed by atoms with Crippen LogP contribution in [-0.4, -0.2) is 28.4 Å². The molecule has 176 valence electrons. The first-order chi connectivity index (χ1) is 16.2. The van der Waals surface area contributed by atoms with Crippen molar-refractivity contribution in [3.8, 4) is 0 Å². The third kappa shape index (κ3) is 4.77. The van der Waals surface area contributed by atoms with Crippen LogP contribution < -0.4 is 16.0 Å². The standard InChI is InChI=1S/C23H19F4N5O2/c1-2-32-12-17-19(9-10-28-20(17)31-22(32)34)29-14-4-6-15(7-5-14)30-21(33)16-8-3-13(24)11-18(16)23(25,26)27/h3-11H,2,12H2,1H3,(H,30,33)(H2,28,29,31,34). The van der Waals surface area contributed by atoms with Crippen LogP contribution in [0.15, 0.2) is 54.7 Å². The highest BCUT2D eigenvalue weighted by Crippen LogP contribution is 2.33.